The van der Waals surface area contributed by atoms with Crippen LogP contribution in [0.5, 0.6) is 0 Å². The summed E-state index contributed by atoms with van der Waals surface area (Å²) in [6.45, 7) is 5.43. The lowest BCUT2D eigenvalue weighted by atomic mass is 10.1. The average molecular weight is 351 g/mol. The van der Waals surface area contributed by atoms with E-state index in [-0.39, 0.29) is 0 Å². The number of hydrogen-bond donors (Lipinski definition) is 0. The molecule has 1 aliphatic carbocycles. The van der Waals surface area contributed by atoms with Gasteiger partial charge in [0, 0.05) is 11.1 Å². The molecule has 1 heterocycles. The minimum atomic E-state index is -0.565. The molecule has 0 N–H and O–H groups in total. The predicted molar refractivity (Wildman–Crippen MR) is 98.1 cm³/mol. The molecule has 0 unspecified atom stereocenters. The first kappa shape index (κ1) is 17.7. The lowest BCUT2D eigenvalue weighted by Crippen LogP contribution is -2.27. The van der Waals surface area contributed by atoms with Gasteiger partial charge in [-0.05, 0) is 51.3 Å². The number of oxime groups is 1. The molecule has 0 atom stereocenters. The summed E-state index contributed by atoms with van der Waals surface area (Å²) in [5.74, 6) is 6.14. The van der Waals surface area contributed by atoms with Crippen LogP contribution in [-0.2, 0) is 16.0 Å². The largest absolute Gasteiger partial charge is 0.442 e. The number of benzene rings is 1. The standard InChI is InChI=1S/C20H21N3O3/c1-20(2,3)26-19(24)23-13-15(12-21-23)6-5-14-7-9-17-16(11-14)8-10-18(17)22-25-4/h7,9,11-13H,8,10H2,1-4H3. The summed E-state index contributed by atoms with van der Waals surface area (Å²) < 4.78 is 6.43. The Morgan fingerprint density at radius 1 is 1.23 bits per heavy atom. The molecule has 0 bridgehead atoms. The van der Waals surface area contributed by atoms with Crippen LogP contribution >= 0.6 is 0 Å². The van der Waals surface area contributed by atoms with E-state index in [1.165, 1.54) is 5.56 Å². The summed E-state index contributed by atoms with van der Waals surface area (Å²) in [5.41, 5.74) is 4.31. The van der Waals surface area contributed by atoms with Crippen LogP contribution in [0.25, 0.3) is 0 Å². The molecule has 0 fully saturated rings. The summed E-state index contributed by atoms with van der Waals surface area (Å²) in [6.07, 6.45) is 4.41. The summed E-state index contributed by atoms with van der Waals surface area (Å²) in [6, 6.07) is 6.05. The Kier molecular flexibility index (Phi) is 4.81. The number of hydrogen-bond acceptors (Lipinski definition) is 5. The Balaban J connectivity index is 1.75. The van der Waals surface area contributed by atoms with Crippen molar-refractivity contribution in [3.63, 3.8) is 0 Å². The second-order valence-electron chi connectivity index (χ2n) is 7.00. The van der Waals surface area contributed by atoms with E-state index in [1.54, 1.807) is 19.5 Å². The van der Waals surface area contributed by atoms with Crippen molar-refractivity contribution in [2.45, 2.75) is 39.2 Å². The van der Waals surface area contributed by atoms with Gasteiger partial charge in [-0.15, -0.1) is 0 Å². The summed E-state index contributed by atoms with van der Waals surface area (Å²) in [5, 5.41) is 8.07. The van der Waals surface area contributed by atoms with E-state index < -0.39 is 11.7 Å². The fraction of sp³-hybridized carbons (Fsp3) is 0.350. The third-order valence-corrected chi connectivity index (χ3v) is 3.76. The van der Waals surface area contributed by atoms with Crippen molar-refractivity contribution < 1.29 is 14.4 Å². The van der Waals surface area contributed by atoms with Crippen LogP contribution in [0.4, 0.5) is 4.79 Å². The first-order chi connectivity index (χ1) is 12.4. The van der Waals surface area contributed by atoms with Crippen molar-refractivity contribution in [1.29, 1.82) is 0 Å². The van der Waals surface area contributed by atoms with Crippen molar-refractivity contribution in [2.75, 3.05) is 7.11 Å². The lowest BCUT2D eigenvalue weighted by Gasteiger charge is -2.18. The fourth-order valence-electron chi connectivity index (χ4n) is 2.69. The van der Waals surface area contributed by atoms with Crippen LogP contribution < -0.4 is 0 Å². The fourth-order valence-corrected chi connectivity index (χ4v) is 2.69. The maximum atomic E-state index is 12.0. The molecular formula is C20H21N3O3. The van der Waals surface area contributed by atoms with Gasteiger partial charge in [0.05, 0.1) is 23.7 Å². The Bertz CT molecular complexity index is 924. The predicted octanol–water partition coefficient (Wildman–Crippen LogP) is 3.36. The number of rotatable bonds is 1. The molecule has 6 nitrogen and oxygen atoms in total. The van der Waals surface area contributed by atoms with Gasteiger partial charge in [-0.1, -0.05) is 23.1 Å². The monoisotopic (exact) mass is 351 g/mol. The van der Waals surface area contributed by atoms with Crippen molar-refractivity contribution >= 4 is 11.8 Å². The van der Waals surface area contributed by atoms with Gasteiger partial charge in [-0.2, -0.15) is 9.78 Å². The molecule has 0 radical (unpaired) electrons. The Hall–Kier alpha value is -3.07. The van der Waals surface area contributed by atoms with Crippen molar-refractivity contribution in [3.8, 4) is 11.8 Å². The first-order valence-corrected chi connectivity index (χ1v) is 8.39. The maximum absolute atomic E-state index is 12.0. The maximum Gasteiger partial charge on any atom is 0.435 e. The minimum Gasteiger partial charge on any atom is -0.442 e. The third kappa shape index (κ3) is 4.12. The van der Waals surface area contributed by atoms with Crippen molar-refractivity contribution in [2.24, 2.45) is 5.16 Å². The van der Waals surface area contributed by atoms with Gasteiger partial charge in [0.25, 0.3) is 0 Å². The molecule has 134 valence electrons. The Morgan fingerprint density at radius 3 is 2.73 bits per heavy atom. The van der Waals surface area contributed by atoms with Crippen LogP contribution in [-0.4, -0.2) is 34.3 Å². The van der Waals surface area contributed by atoms with Gasteiger partial charge in [0.1, 0.15) is 12.7 Å². The van der Waals surface area contributed by atoms with E-state index in [2.05, 4.69) is 28.2 Å². The molecule has 0 amide bonds. The van der Waals surface area contributed by atoms with Crippen LogP contribution in [0.2, 0.25) is 0 Å². The number of carbonyl (C=O) groups excluding carboxylic acids is 1. The average Bonchev–Trinajstić information content (AvgIpc) is 3.19. The highest BCUT2D eigenvalue weighted by Gasteiger charge is 2.19. The normalized spacial score (nSPS) is 14.5. The van der Waals surface area contributed by atoms with Crippen molar-refractivity contribution in [1.82, 2.24) is 9.78 Å². The van der Waals surface area contributed by atoms with Gasteiger partial charge >= 0.3 is 6.09 Å². The van der Waals surface area contributed by atoms with Crippen molar-refractivity contribution in [3.05, 3.63) is 52.8 Å². The highest BCUT2D eigenvalue weighted by atomic mass is 16.6. The molecule has 0 aliphatic heterocycles. The Labute approximate surface area is 152 Å². The molecule has 6 heteroatoms. The van der Waals surface area contributed by atoms with Gasteiger partial charge < -0.3 is 9.57 Å². The molecule has 3 rings (SSSR count). The molecular weight excluding hydrogens is 330 g/mol. The van der Waals surface area contributed by atoms with Crippen LogP contribution in [0.1, 0.15) is 49.4 Å². The van der Waals surface area contributed by atoms with Gasteiger partial charge in [-0.3, -0.25) is 0 Å². The summed E-state index contributed by atoms with van der Waals surface area (Å²) >= 11 is 0. The zero-order chi connectivity index (χ0) is 18.7. The van der Waals surface area contributed by atoms with Gasteiger partial charge in [0.2, 0.25) is 0 Å². The lowest BCUT2D eigenvalue weighted by molar-refractivity contribution is 0.0514. The SMILES string of the molecule is CON=C1CCc2cc(C#Cc3cnn(C(=O)OC(C)(C)C)c3)ccc21. The van der Waals surface area contributed by atoms with Gasteiger partial charge in [0.15, 0.2) is 0 Å². The van der Waals surface area contributed by atoms with Gasteiger partial charge in [-0.25, -0.2) is 4.79 Å². The summed E-state index contributed by atoms with van der Waals surface area (Å²) in [7, 11) is 1.56. The number of carbonyl (C=O) groups is 1. The molecule has 0 spiro atoms. The number of aromatic nitrogens is 2. The van der Waals surface area contributed by atoms with Crippen LogP contribution in [0.15, 0.2) is 35.7 Å². The van der Waals surface area contributed by atoms with Crippen LogP contribution in [0, 0.1) is 11.8 Å². The molecule has 0 saturated carbocycles. The minimum absolute atomic E-state index is 0.520. The molecule has 0 saturated heterocycles. The quantitative estimate of drug-likeness (QED) is 0.584. The molecule has 1 aliphatic rings. The van der Waals surface area contributed by atoms with E-state index in [9.17, 15) is 4.79 Å². The smallest absolute Gasteiger partial charge is 0.435 e. The van der Waals surface area contributed by atoms with E-state index in [1.807, 2.05) is 32.9 Å². The summed E-state index contributed by atoms with van der Waals surface area (Å²) in [4.78, 5) is 16.9. The second-order valence-corrected chi connectivity index (χ2v) is 7.00. The number of aryl methyl sites for hydroxylation is 1. The topological polar surface area (TPSA) is 65.7 Å². The van der Waals surface area contributed by atoms with E-state index in [0.29, 0.717) is 5.56 Å². The second kappa shape index (κ2) is 7.04. The first-order valence-electron chi connectivity index (χ1n) is 8.39. The molecule has 1 aromatic carbocycles. The molecule has 2 aromatic rings. The number of ether oxygens (including phenoxy) is 1. The van der Waals surface area contributed by atoms with E-state index in [4.69, 9.17) is 9.57 Å². The molecule has 1 aromatic heterocycles. The molecule has 26 heavy (non-hydrogen) atoms. The highest BCUT2D eigenvalue weighted by Crippen LogP contribution is 2.23. The number of nitrogens with zero attached hydrogens (tertiary/aromatic N) is 3. The zero-order valence-electron chi connectivity index (χ0n) is 15.4. The number of fused-ring (bicyclic) bond motifs is 1. The Morgan fingerprint density at radius 2 is 2.00 bits per heavy atom. The van der Waals surface area contributed by atoms with E-state index in [0.717, 1.165) is 34.4 Å². The highest BCUT2D eigenvalue weighted by molar-refractivity contribution is 6.04. The van der Waals surface area contributed by atoms with Crippen LogP contribution in [0.3, 0.4) is 0 Å². The third-order valence-electron chi connectivity index (χ3n) is 3.76. The van der Waals surface area contributed by atoms with E-state index >= 15 is 0 Å². The zero-order valence-corrected chi connectivity index (χ0v) is 15.4.